The average molecular weight is 385 g/mol. The van der Waals surface area contributed by atoms with E-state index in [1.165, 1.54) is 0 Å². The predicted octanol–water partition coefficient (Wildman–Crippen LogP) is 4.07. The van der Waals surface area contributed by atoms with Crippen molar-refractivity contribution in [1.82, 2.24) is 5.32 Å². The van der Waals surface area contributed by atoms with Crippen molar-refractivity contribution >= 4 is 11.9 Å². The normalized spacial score (nSPS) is 12.0. The maximum atomic E-state index is 12.7. The van der Waals surface area contributed by atoms with E-state index in [0.717, 1.165) is 0 Å². The molecular formula is C16H17F6NO3. The van der Waals surface area contributed by atoms with Crippen molar-refractivity contribution in [3.05, 3.63) is 34.9 Å². The molecule has 0 saturated carbocycles. The lowest BCUT2D eigenvalue weighted by atomic mass is 10.0. The lowest BCUT2D eigenvalue weighted by Gasteiger charge is -2.14. The van der Waals surface area contributed by atoms with Gasteiger partial charge in [0, 0.05) is 19.4 Å². The van der Waals surface area contributed by atoms with Crippen LogP contribution in [0.5, 0.6) is 0 Å². The summed E-state index contributed by atoms with van der Waals surface area (Å²) in [5.74, 6) is -1.09. The van der Waals surface area contributed by atoms with E-state index < -0.39 is 41.9 Å². The molecule has 0 aliphatic heterocycles. The molecule has 0 atom stereocenters. The van der Waals surface area contributed by atoms with Gasteiger partial charge in [-0.25, -0.2) is 0 Å². The van der Waals surface area contributed by atoms with Gasteiger partial charge in [0.25, 0.3) is 0 Å². The molecule has 0 spiro atoms. The largest absolute Gasteiger partial charge is 0.466 e. The number of hydrogen-bond donors (Lipinski definition) is 1. The number of nitrogens with one attached hydrogen (secondary N) is 1. The van der Waals surface area contributed by atoms with Crippen molar-refractivity contribution in [2.75, 3.05) is 6.61 Å². The number of carbonyl (C=O) groups is 2. The maximum absolute atomic E-state index is 12.7. The van der Waals surface area contributed by atoms with E-state index in [0.29, 0.717) is 12.1 Å². The Morgan fingerprint density at radius 3 is 1.96 bits per heavy atom. The molecule has 0 saturated heterocycles. The highest BCUT2D eigenvalue weighted by molar-refractivity contribution is 5.77. The zero-order chi connectivity index (χ0) is 20.0. The molecule has 1 amide bonds. The van der Waals surface area contributed by atoms with E-state index in [4.69, 9.17) is 0 Å². The first-order valence-electron chi connectivity index (χ1n) is 7.64. The van der Waals surface area contributed by atoms with Crippen LogP contribution < -0.4 is 5.32 Å². The molecule has 1 aromatic carbocycles. The topological polar surface area (TPSA) is 55.4 Å². The van der Waals surface area contributed by atoms with Gasteiger partial charge < -0.3 is 10.1 Å². The van der Waals surface area contributed by atoms with Gasteiger partial charge in [0.1, 0.15) is 0 Å². The van der Waals surface area contributed by atoms with E-state index in [1.807, 2.05) is 0 Å². The summed E-state index contributed by atoms with van der Waals surface area (Å²) >= 11 is 0. The second-order valence-corrected chi connectivity index (χ2v) is 5.35. The van der Waals surface area contributed by atoms with Crippen molar-refractivity contribution in [1.29, 1.82) is 0 Å². The minimum absolute atomic E-state index is 0.0109. The van der Waals surface area contributed by atoms with Gasteiger partial charge in [-0.15, -0.1) is 0 Å². The smallest absolute Gasteiger partial charge is 0.416 e. The Morgan fingerprint density at radius 2 is 1.50 bits per heavy atom. The highest BCUT2D eigenvalue weighted by atomic mass is 19.4. The molecule has 0 bridgehead atoms. The van der Waals surface area contributed by atoms with Crippen molar-refractivity contribution in [2.24, 2.45) is 0 Å². The third-order valence-corrected chi connectivity index (χ3v) is 3.23. The average Bonchev–Trinajstić information content (AvgIpc) is 2.51. The first-order valence-corrected chi connectivity index (χ1v) is 7.64. The number of rotatable bonds is 7. The number of hydrogen-bond acceptors (Lipinski definition) is 3. The SMILES string of the molecule is CCOC(=O)CCCC(=O)NCc1cc(C(F)(F)F)cc(C(F)(F)F)c1. The molecule has 1 rings (SSSR count). The molecule has 146 valence electrons. The zero-order valence-corrected chi connectivity index (χ0v) is 13.8. The van der Waals surface area contributed by atoms with Crippen molar-refractivity contribution in [2.45, 2.75) is 45.1 Å². The summed E-state index contributed by atoms with van der Waals surface area (Å²) in [6.45, 7) is 1.32. The molecule has 0 aliphatic rings. The van der Waals surface area contributed by atoms with Crippen LogP contribution in [0.3, 0.4) is 0 Å². The van der Waals surface area contributed by atoms with Crippen LogP contribution in [0.2, 0.25) is 0 Å². The highest BCUT2D eigenvalue weighted by Gasteiger charge is 2.36. The lowest BCUT2D eigenvalue weighted by molar-refractivity contribution is -0.144. The van der Waals surface area contributed by atoms with Crippen LogP contribution in [-0.4, -0.2) is 18.5 Å². The summed E-state index contributed by atoms with van der Waals surface area (Å²) in [7, 11) is 0. The van der Waals surface area contributed by atoms with Gasteiger partial charge in [-0.1, -0.05) is 0 Å². The molecule has 0 heterocycles. The summed E-state index contributed by atoms with van der Waals surface area (Å²) in [6.07, 6.45) is -9.85. The van der Waals surface area contributed by atoms with Crippen LogP contribution in [0.1, 0.15) is 42.9 Å². The summed E-state index contributed by atoms with van der Waals surface area (Å²) in [4.78, 5) is 22.7. The van der Waals surface area contributed by atoms with Crippen LogP contribution >= 0.6 is 0 Å². The number of halogens is 6. The van der Waals surface area contributed by atoms with Gasteiger partial charge in [-0.2, -0.15) is 26.3 Å². The van der Waals surface area contributed by atoms with E-state index in [9.17, 15) is 35.9 Å². The third-order valence-electron chi connectivity index (χ3n) is 3.23. The Morgan fingerprint density at radius 1 is 0.962 bits per heavy atom. The number of alkyl halides is 6. The quantitative estimate of drug-likeness (QED) is 0.569. The van der Waals surface area contributed by atoms with Gasteiger partial charge in [-0.3, -0.25) is 9.59 Å². The van der Waals surface area contributed by atoms with Crippen molar-refractivity contribution < 1.29 is 40.7 Å². The molecule has 26 heavy (non-hydrogen) atoms. The predicted molar refractivity (Wildman–Crippen MR) is 78.8 cm³/mol. The Hall–Kier alpha value is -2.26. The van der Waals surface area contributed by atoms with Gasteiger partial charge in [-0.05, 0) is 37.1 Å². The Labute approximate surface area is 145 Å². The lowest BCUT2D eigenvalue weighted by Crippen LogP contribution is -2.23. The minimum Gasteiger partial charge on any atom is -0.466 e. The summed E-state index contributed by atoms with van der Waals surface area (Å²) < 4.78 is 81.1. The van der Waals surface area contributed by atoms with E-state index >= 15 is 0 Å². The van der Waals surface area contributed by atoms with Gasteiger partial charge in [0.2, 0.25) is 5.91 Å². The highest BCUT2D eigenvalue weighted by Crippen LogP contribution is 2.36. The standard InChI is InChI=1S/C16H17F6NO3/c1-2-26-14(25)5-3-4-13(24)23-9-10-6-11(15(17,18)19)8-12(7-10)16(20,21)22/h6-8H,2-5,9H2,1H3,(H,23,24). The molecule has 0 radical (unpaired) electrons. The van der Waals surface area contributed by atoms with Crippen LogP contribution in [0.25, 0.3) is 0 Å². The first kappa shape index (κ1) is 21.8. The Bertz CT molecular complexity index is 608. The van der Waals surface area contributed by atoms with Gasteiger partial charge >= 0.3 is 18.3 Å². The molecule has 1 aromatic rings. The van der Waals surface area contributed by atoms with Gasteiger partial charge in [0.15, 0.2) is 0 Å². The maximum Gasteiger partial charge on any atom is 0.416 e. The molecule has 0 aromatic heterocycles. The van der Waals surface area contributed by atoms with Crippen LogP contribution in [-0.2, 0) is 33.2 Å². The van der Waals surface area contributed by atoms with Gasteiger partial charge in [0.05, 0.1) is 17.7 Å². The molecule has 1 N–H and O–H groups in total. The molecule has 0 aliphatic carbocycles. The second-order valence-electron chi connectivity index (χ2n) is 5.35. The van der Waals surface area contributed by atoms with Crippen molar-refractivity contribution in [3.8, 4) is 0 Å². The summed E-state index contributed by atoms with van der Waals surface area (Å²) in [6, 6.07) is 1.12. The molecular weight excluding hydrogens is 368 g/mol. The molecule has 0 unspecified atom stereocenters. The van der Waals surface area contributed by atoms with Crippen molar-refractivity contribution in [3.63, 3.8) is 0 Å². The Kier molecular flexibility index (Phi) is 7.46. The van der Waals surface area contributed by atoms with Crippen LogP contribution in [0, 0.1) is 0 Å². The summed E-state index contributed by atoms with van der Waals surface area (Å²) in [5, 5.41) is 2.24. The first-order chi connectivity index (χ1) is 11.9. The number of ether oxygens (including phenoxy) is 1. The van der Waals surface area contributed by atoms with Crippen LogP contribution in [0.15, 0.2) is 18.2 Å². The fourth-order valence-corrected chi connectivity index (χ4v) is 2.04. The molecule has 10 heteroatoms. The number of esters is 1. The molecule has 0 fully saturated rings. The fraction of sp³-hybridized carbons (Fsp3) is 0.500. The monoisotopic (exact) mass is 385 g/mol. The van der Waals surface area contributed by atoms with E-state index in [1.54, 1.807) is 6.92 Å². The van der Waals surface area contributed by atoms with E-state index in [-0.39, 0.29) is 37.5 Å². The van der Waals surface area contributed by atoms with E-state index in [2.05, 4.69) is 10.1 Å². The number of carbonyl (C=O) groups excluding carboxylic acids is 2. The zero-order valence-electron chi connectivity index (χ0n) is 13.8. The number of amides is 1. The number of benzene rings is 1. The third kappa shape index (κ3) is 7.32. The Balaban J connectivity index is 2.71. The minimum atomic E-state index is -4.94. The summed E-state index contributed by atoms with van der Waals surface area (Å²) in [5.41, 5.74) is -3.22. The fourth-order valence-electron chi connectivity index (χ4n) is 2.04. The second kappa shape index (κ2) is 8.91. The molecule has 4 nitrogen and oxygen atoms in total. The van der Waals surface area contributed by atoms with Crippen LogP contribution in [0.4, 0.5) is 26.3 Å².